The van der Waals surface area contributed by atoms with Crippen molar-refractivity contribution < 1.29 is 0 Å². The van der Waals surface area contributed by atoms with Gasteiger partial charge in [-0.3, -0.25) is 0 Å². The van der Waals surface area contributed by atoms with E-state index in [1.54, 1.807) is 0 Å². The molecule has 0 spiro atoms. The van der Waals surface area contributed by atoms with Crippen LogP contribution in [0.2, 0.25) is 0 Å². The van der Waals surface area contributed by atoms with Crippen LogP contribution in [-0.4, -0.2) is 12.1 Å². The zero-order valence-corrected chi connectivity index (χ0v) is 11.1. The molecule has 0 radical (unpaired) electrons. The molecule has 1 N–H and O–H groups in total. The summed E-state index contributed by atoms with van der Waals surface area (Å²) in [5.74, 6) is 1.77. The smallest absolute Gasteiger partial charge is 0.00697 e. The average molecular weight is 211 g/mol. The Morgan fingerprint density at radius 3 is 2.40 bits per heavy atom. The van der Waals surface area contributed by atoms with E-state index in [4.69, 9.17) is 0 Å². The van der Waals surface area contributed by atoms with Gasteiger partial charge in [0.15, 0.2) is 0 Å². The Bertz CT molecular complexity index is 165. The van der Waals surface area contributed by atoms with Crippen LogP contribution in [0.5, 0.6) is 0 Å². The Labute approximate surface area is 96.0 Å². The van der Waals surface area contributed by atoms with E-state index in [0.29, 0.717) is 6.04 Å². The predicted octanol–water partition coefficient (Wildman–Crippen LogP) is 3.98. The van der Waals surface area contributed by atoms with Crippen LogP contribution in [0.25, 0.3) is 0 Å². The lowest BCUT2D eigenvalue weighted by Gasteiger charge is -2.24. The molecule has 3 unspecified atom stereocenters. The first-order chi connectivity index (χ1) is 7.13. The monoisotopic (exact) mass is 211 g/mol. The molecule has 0 aromatic heterocycles. The minimum Gasteiger partial charge on any atom is -0.311 e. The van der Waals surface area contributed by atoms with E-state index < -0.39 is 0 Å². The number of rotatable bonds is 4. The second kappa shape index (κ2) is 6.52. The third kappa shape index (κ3) is 4.55. The van der Waals surface area contributed by atoms with Crippen molar-refractivity contribution in [1.82, 2.24) is 5.32 Å². The highest BCUT2D eigenvalue weighted by molar-refractivity contribution is 4.77. The Kier molecular flexibility index (Phi) is 5.66. The van der Waals surface area contributed by atoms with Gasteiger partial charge in [-0.25, -0.2) is 0 Å². The molecular weight excluding hydrogens is 182 g/mol. The fourth-order valence-electron chi connectivity index (χ4n) is 2.52. The van der Waals surface area contributed by atoms with Crippen molar-refractivity contribution in [2.24, 2.45) is 11.8 Å². The summed E-state index contributed by atoms with van der Waals surface area (Å²) >= 11 is 0. The average Bonchev–Trinajstić information content (AvgIpc) is 2.43. The molecule has 1 saturated carbocycles. The third-order valence-electron chi connectivity index (χ3n) is 4.16. The maximum atomic E-state index is 3.80. The molecule has 1 aliphatic rings. The van der Waals surface area contributed by atoms with Crippen LogP contribution in [0.4, 0.5) is 0 Å². The van der Waals surface area contributed by atoms with Crippen LogP contribution >= 0.6 is 0 Å². The fraction of sp³-hybridized carbons (Fsp3) is 1.00. The lowest BCUT2D eigenvalue weighted by molar-refractivity contribution is 0.345. The molecule has 0 aromatic rings. The predicted molar refractivity (Wildman–Crippen MR) is 68.1 cm³/mol. The van der Waals surface area contributed by atoms with Crippen molar-refractivity contribution in [3.8, 4) is 0 Å². The summed E-state index contributed by atoms with van der Waals surface area (Å²) in [7, 11) is 0. The van der Waals surface area contributed by atoms with Crippen molar-refractivity contribution in [3.05, 3.63) is 0 Å². The van der Waals surface area contributed by atoms with Crippen LogP contribution in [0.1, 0.15) is 66.2 Å². The lowest BCUT2D eigenvalue weighted by atomic mass is 9.97. The summed E-state index contributed by atoms with van der Waals surface area (Å²) in [5.41, 5.74) is 0. The van der Waals surface area contributed by atoms with Gasteiger partial charge in [0.2, 0.25) is 0 Å². The zero-order valence-electron chi connectivity index (χ0n) is 11.1. The zero-order chi connectivity index (χ0) is 11.3. The summed E-state index contributed by atoms with van der Waals surface area (Å²) in [6.07, 6.45) is 8.51. The summed E-state index contributed by atoms with van der Waals surface area (Å²) in [6.45, 7) is 9.29. The summed E-state index contributed by atoms with van der Waals surface area (Å²) < 4.78 is 0. The van der Waals surface area contributed by atoms with E-state index in [1.165, 1.54) is 38.5 Å². The highest BCUT2D eigenvalue weighted by Gasteiger charge is 2.19. The molecule has 1 rings (SSSR count). The first-order valence-electron chi connectivity index (χ1n) is 6.89. The molecule has 90 valence electrons. The summed E-state index contributed by atoms with van der Waals surface area (Å²) in [5, 5.41) is 3.80. The molecule has 1 fully saturated rings. The van der Waals surface area contributed by atoms with Gasteiger partial charge in [-0.2, -0.15) is 0 Å². The Hall–Kier alpha value is -0.0400. The lowest BCUT2D eigenvalue weighted by Crippen LogP contribution is -2.39. The minimum atomic E-state index is 0.674. The van der Waals surface area contributed by atoms with Crippen LogP contribution in [0, 0.1) is 11.8 Å². The first kappa shape index (κ1) is 13.0. The van der Waals surface area contributed by atoms with Gasteiger partial charge < -0.3 is 5.32 Å². The van der Waals surface area contributed by atoms with Gasteiger partial charge in [-0.15, -0.1) is 0 Å². The van der Waals surface area contributed by atoms with Gasteiger partial charge in [-0.05, 0) is 38.0 Å². The SMILES string of the molecule is CCC1CCCC(NC(C)C(C)C)CC1. The highest BCUT2D eigenvalue weighted by Crippen LogP contribution is 2.25. The van der Waals surface area contributed by atoms with Gasteiger partial charge in [0.25, 0.3) is 0 Å². The molecule has 0 saturated heterocycles. The van der Waals surface area contributed by atoms with Crippen LogP contribution in [0.3, 0.4) is 0 Å². The quantitative estimate of drug-likeness (QED) is 0.694. The normalized spacial score (nSPS) is 30.2. The van der Waals surface area contributed by atoms with Crippen molar-refractivity contribution in [3.63, 3.8) is 0 Å². The van der Waals surface area contributed by atoms with E-state index >= 15 is 0 Å². The van der Waals surface area contributed by atoms with Crippen molar-refractivity contribution in [2.75, 3.05) is 0 Å². The van der Waals surface area contributed by atoms with E-state index in [1.807, 2.05) is 0 Å². The molecule has 15 heavy (non-hydrogen) atoms. The van der Waals surface area contributed by atoms with Gasteiger partial charge in [-0.1, -0.05) is 40.0 Å². The van der Waals surface area contributed by atoms with E-state index in [2.05, 4.69) is 33.0 Å². The standard InChI is InChI=1S/C14H29N/c1-5-13-7-6-8-14(10-9-13)15-12(4)11(2)3/h11-15H,5-10H2,1-4H3. The van der Waals surface area contributed by atoms with E-state index in [-0.39, 0.29) is 0 Å². The summed E-state index contributed by atoms with van der Waals surface area (Å²) in [6, 6.07) is 1.46. The molecule has 1 aliphatic carbocycles. The number of hydrogen-bond donors (Lipinski definition) is 1. The topological polar surface area (TPSA) is 12.0 Å². The number of hydrogen-bond acceptors (Lipinski definition) is 1. The Balaban J connectivity index is 2.31. The van der Waals surface area contributed by atoms with Gasteiger partial charge >= 0.3 is 0 Å². The fourth-order valence-corrected chi connectivity index (χ4v) is 2.52. The molecule has 0 aliphatic heterocycles. The molecule has 0 aromatic carbocycles. The third-order valence-corrected chi connectivity index (χ3v) is 4.16. The van der Waals surface area contributed by atoms with Gasteiger partial charge in [0, 0.05) is 12.1 Å². The van der Waals surface area contributed by atoms with Crippen LogP contribution in [0.15, 0.2) is 0 Å². The van der Waals surface area contributed by atoms with Crippen LogP contribution < -0.4 is 5.32 Å². The van der Waals surface area contributed by atoms with Gasteiger partial charge in [0.1, 0.15) is 0 Å². The maximum absolute atomic E-state index is 3.80. The van der Waals surface area contributed by atoms with Crippen molar-refractivity contribution in [1.29, 1.82) is 0 Å². The largest absolute Gasteiger partial charge is 0.311 e. The van der Waals surface area contributed by atoms with Gasteiger partial charge in [0.05, 0.1) is 0 Å². The molecule has 1 nitrogen and oxygen atoms in total. The molecule has 1 heteroatoms. The highest BCUT2D eigenvalue weighted by atomic mass is 14.9. The van der Waals surface area contributed by atoms with Crippen LogP contribution in [-0.2, 0) is 0 Å². The Morgan fingerprint density at radius 2 is 1.80 bits per heavy atom. The Morgan fingerprint density at radius 1 is 1.07 bits per heavy atom. The van der Waals surface area contributed by atoms with Crippen molar-refractivity contribution in [2.45, 2.75) is 78.3 Å². The molecule has 0 bridgehead atoms. The molecule has 3 atom stereocenters. The maximum Gasteiger partial charge on any atom is 0.00697 e. The minimum absolute atomic E-state index is 0.674. The van der Waals surface area contributed by atoms with Crippen molar-refractivity contribution >= 4 is 0 Å². The van der Waals surface area contributed by atoms with E-state index in [0.717, 1.165) is 17.9 Å². The van der Waals surface area contributed by atoms with E-state index in [9.17, 15) is 0 Å². The second-order valence-electron chi connectivity index (χ2n) is 5.68. The molecular formula is C14H29N. The summed E-state index contributed by atoms with van der Waals surface area (Å²) in [4.78, 5) is 0. The number of nitrogens with one attached hydrogen (secondary N) is 1. The molecule has 0 heterocycles. The second-order valence-corrected chi connectivity index (χ2v) is 5.68. The first-order valence-corrected chi connectivity index (χ1v) is 6.89. The molecule has 0 amide bonds.